The van der Waals surface area contributed by atoms with Crippen molar-refractivity contribution in [3.8, 4) is 0 Å². The van der Waals surface area contributed by atoms with Crippen molar-refractivity contribution in [3.63, 3.8) is 0 Å². The number of hydrogen-bond acceptors (Lipinski definition) is 4. The summed E-state index contributed by atoms with van der Waals surface area (Å²) < 4.78 is 39.9. The first-order valence-electron chi connectivity index (χ1n) is 5.39. The minimum absolute atomic E-state index is 0.0401. The zero-order chi connectivity index (χ0) is 14.1. The molecular formula is C11H17FN2O3S. The van der Waals surface area contributed by atoms with Crippen LogP contribution in [0.4, 0.5) is 10.1 Å². The van der Waals surface area contributed by atoms with Crippen molar-refractivity contribution >= 4 is 15.7 Å². The smallest absolute Gasteiger partial charge is 0.241 e. The Bertz CT molecular complexity index is 558. The van der Waals surface area contributed by atoms with Crippen LogP contribution in [0.5, 0.6) is 0 Å². The van der Waals surface area contributed by atoms with Crippen molar-refractivity contribution in [2.45, 2.75) is 31.7 Å². The minimum Gasteiger partial charge on any atom is -0.396 e. The molecule has 0 aliphatic heterocycles. The molecule has 0 aliphatic rings. The minimum atomic E-state index is -3.83. The predicted molar refractivity (Wildman–Crippen MR) is 67.2 cm³/mol. The molecule has 0 saturated heterocycles. The first kappa shape index (κ1) is 14.9. The summed E-state index contributed by atoms with van der Waals surface area (Å²) in [6.07, 6.45) is 0. The quantitative estimate of drug-likeness (QED) is 0.705. The Hall–Kier alpha value is -1.18. The van der Waals surface area contributed by atoms with E-state index in [0.29, 0.717) is 0 Å². The maximum absolute atomic E-state index is 13.4. The molecule has 7 heteroatoms. The van der Waals surface area contributed by atoms with Gasteiger partial charge >= 0.3 is 0 Å². The van der Waals surface area contributed by atoms with Gasteiger partial charge in [0, 0.05) is 6.04 Å². The zero-order valence-electron chi connectivity index (χ0n) is 10.5. The number of benzene rings is 1. The molecule has 5 nitrogen and oxygen atoms in total. The fraction of sp³-hybridized carbons (Fsp3) is 0.455. The van der Waals surface area contributed by atoms with E-state index in [0.717, 1.165) is 6.07 Å². The average molecular weight is 276 g/mol. The molecule has 0 bridgehead atoms. The molecule has 0 radical (unpaired) electrons. The van der Waals surface area contributed by atoms with Gasteiger partial charge in [0.1, 0.15) is 5.82 Å². The molecule has 1 atom stereocenters. The summed E-state index contributed by atoms with van der Waals surface area (Å²) in [6, 6.07) is 0.459. The molecule has 0 amide bonds. The van der Waals surface area contributed by atoms with Gasteiger partial charge in [-0.05, 0) is 38.0 Å². The van der Waals surface area contributed by atoms with Gasteiger partial charge in [0.05, 0.1) is 17.2 Å². The van der Waals surface area contributed by atoms with E-state index in [-0.39, 0.29) is 28.3 Å². The van der Waals surface area contributed by atoms with Crippen LogP contribution in [0, 0.1) is 19.7 Å². The predicted octanol–water partition coefficient (Wildman–Crippen LogP) is 0.684. The number of rotatable bonds is 4. The lowest BCUT2D eigenvalue weighted by Crippen LogP contribution is -2.35. The molecule has 1 rings (SSSR count). The van der Waals surface area contributed by atoms with Crippen molar-refractivity contribution < 1.29 is 17.9 Å². The molecule has 18 heavy (non-hydrogen) atoms. The number of nitrogen functional groups attached to an aromatic ring is 1. The van der Waals surface area contributed by atoms with Gasteiger partial charge in [-0.15, -0.1) is 0 Å². The van der Waals surface area contributed by atoms with Gasteiger partial charge in [-0.3, -0.25) is 0 Å². The van der Waals surface area contributed by atoms with Crippen LogP contribution in [-0.2, 0) is 10.0 Å². The highest BCUT2D eigenvalue weighted by molar-refractivity contribution is 7.89. The number of hydrogen-bond donors (Lipinski definition) is 3. The Morgan fingerprint density at radius 3 is 2.56 bits per heavy atom. The van der Waals surface area contributed by atoms with Crippen LogP contribution < -0.4 is 10.5 Å². The lowest BCUT2D eigenvalue weighted by molar-refractivity contribution is 0.265. The van der Waals surface area contributed by atoms with Gasteiger partial charge in [0.2, 0.25) is 10.0 Å². The SMILES string of the molecule is Cc1cc(F)c(N)c(C)c1S(=O)(=O)N[C@@H](C)CO. The standard InChI is InChI=1S/C11H17FN2O3S/c1-6-4-9(12)10(13)8(3)11(6)18(16,17)14-7(2)5-15/h4,7,14-15H,5,13H2,1-3H3/t7-/m0/s1. The first-order valence-corrected chi connectivity index (χ1v) is 6.87. The molecule has 0 heterocycles. The van der Waals surface area contributed by atoms with E-state index >= 15 is 0 Å². The zero-order valence-corrected chi connectivity index (χ0v) is 11.3. The van der Waals surface area contributed by atoms with Crippen LogP contribution in [0.1, 0.15) is 18.1 Å². The summed E-state index contributed by atoms with van der Waals surface area (Å²) in [5, 5.41) is 8.87. The van der Waals surface area contributed by atoms with Gasteiger partial charge in [0.25, 0.3) is 0 Å². The second kappa shape index (κ2) is 5.21. The van der Waals surface area contributed by atoms with E-state index < -0.39 is 21.9 Å². The number of aliphatic hydroxyl groups is 1. The van der Waals surface area contributed by atoms with E-state index in [1.54, 1.807) is 0 Å². The highest BCUT2D eigenvalue weighted by Crippen LogP contribution is 2.27. The average Bonchev–Trinajstić information content (AvgIpc) is 2.24. The highest BCUT2D eigenvalue weighted by atomic mass is 32.2. The maximum Gasteiger partial charge on any atom is 0.241 e. The summed E-state index contributed by atoms with van der Waals surface area (Å²) in [5.41, 5.74) is 5.76. The molecule has 1 aromatic rings. The third kappa shape index (κ3) is 2.80. The fourth-order valence-electron chi connectivity index (χ4n) is 1.71. The number of halogens is 1. The van der Waals surface area contributed by atoms with Crippen molar-refractivity contribution in [2.75, 3.05) is 12.3 Å². The summed E-state index contributed by atoms with van der Waals surface area (Å²) in [7, 11) is -3.83. The number of anilines is 1. The van der Waals surface area contributed by atoms with Gasteiger partial charge in [-0.2, -0.15) is 0 Å². The van der Waals surface area contributed by atoms with Crippen molar-refractivity contribution in [3.05, 3.63) is 23.0 Å². The maximum atomic E-state index is 13.4. The first-order chi connectivity index (χ1) is 8.20. The normalized spacial score (nSPS) is 13.6. The number of aliphatic hydroxyl groups excluding tert-OH is 1. The summed E-state index contributed by atoms with van der Waals surface area (Å²) in [6.45, 7) is 4.14. The van der Waals surface area contributed by atoms with E-state index in [4.69, 9.17) is 10.8 Å². The van der Waals surface area contributed by atoms with Gasteiger partial charge in [0.15, 0.2) is 0 Å². The Morgan fingerprint density at radius 1 is 1.50 bits per heavy atom. The number of nitrogens with one attached hydrogen (secondary N) is 1. The monoisotopic (exact) mass is 276 g/mol. The third-order valence-corrected chi connectivity index (χ3v) is 4.48. The summed E-state index contributed by atoms with van der Waals surface area (Å²) in [4.78, 5) is -0.0401. The topological polar surface area (TPSA) is 92.4 Å². The molecule has 0 aromatic heterocycles. The Labute approximate surface area is 106 Å². The molecule has 0 unspecified atom stereocenters. The molecule has 0 aliphatic carbocycles. The van der Waals surface area contributed by atoms with Crippen molar-refractivity contribution in [2.24, 2.45) is 0 Å². The van der Waals surface area contributed by atoms with E-state index in [1.165, 1.54) is 20.8 Å². The molecule has 0 fully saturated rings. The number of aryl methyl sites for hydroxylation is 1. The molecule has 1 aromatic carbocycles. The van der Waals surface area contributed by atoms with Crippen molar-refractivity contribution in [1.29, 1.82) is 0 Å². The molecule has 0 saturated carbocycles. The summed E-state index contributed by atoms with van der Waals surface area (Å²) >= 11 is 0. The van der Waals surface area contributed by atoms with Crippen LogP contribution in [0.3, 0.4) is 0 Å². The summed E-state index contributed by atoms with van der Waals surface area (Å²) in [5.74, 6) is -0.640. The van der Waals surface area contributed by atoms with Crippen LogP contribution in [0.25, 0.3) is 0 Å². The molecular weight excluding hydrogens is 259 g/mol. The second-order valence-electron chi connectivity index (χ2n) is 4.25. The Balaban J connectivity index is 3.38. The van der Waals surface area contributed by atoms with Gasteiger partial charge < -0.3 is 10.8 Å². The van der Waals surface area contributed by atoms with Crippen LogP contribution in [-0.4, -0.2) is 26.2 Å². The number of nitrogens with two attached hydrogens (primary N) is 1. The van der Waals surface area contributed by atoms with E-state index in [9.17, 15) is 12.8 Å². The molecule has 4 N–H and O–H groups in total. The lowest BCUT2D eigenvalue weighted by Gasteiger charge is -2.16. The van der Waals surface area contributed by atoms with Gasteiger partial charge in [-0.1, -0.05) is 0 Å². The highest BCUT2D eigenvalue weighted by Gasteiger charge is 2.24. The Kier molecular flexibility index (Phi) is 4.31. The second-order valence-corrected chi connectivity index (χ2v) is 5.90. The molecule has 102 valence electrons. The fourth-order valence-corrected chi connectivity index (χ4v) is 3.42. The third-order valence-electron chi connectivity index (χ3n) is 2.60. The lowest BCUT2D eigenvalue weighted by atomic mass is 10.1. The largest absolute Gasteiger partial charge is 0.396 e. The Morgan fingerprint density at radius 2 is 2.06 bits per heavy atom. The van der Waals surface area contributed by atoms with Gasteiger partial charge in [-0.25, -0.2) is 17.5 Å². The van der Waals surface area contributed by atoms with Crippen molar-refractivity contribution in [1.82, 2.24) is 4.72 Å². The van der Waals surface area contributed by atoms with Crippen LogP contribution in [0.2, 0.25) is 0 Å². The number of sulfonamides is 1. The van der Waals surface area contributed by atoms with Crippen LogP contribution in [0.15, 0.2) is 11.0 Å². The molecule has 0 spiro atoms. The van der Waals surface area contributed by atoms with Crippen LogP contribution >= 0.6 is 0 Å². The van der Waals surface area contributed by atoms with E-state index in [2.05, 4.69) is 4.72 Å². The van der Waals surface area contributed by atoms with E-state index in [1.807, 2.05) is 0 Å².